The van der Waals surface area contributed by atoms with E-state index in [4.69, 9.17) is 4.74 Å². The maximum Gasteiger partial charge on any atom is 0.279 e. The van der Waals surface area contributed by atoms with Crippen molar-refractivity contribution in [3.8, 4) is 0 Å². The minimum Gasteiger partial charge on any atom is -0.380 e. The Hall–Kier alpha value is -0.210. The van der Waals surface area contributed by atoms with Crippen LogP contribution >= 0.6 is 0 Å². The zero-order chi connectivity index (χ0) is 14.3. The summed E-state index contributed by atoms with van der Waals surface area (Å²) in [6, 6.07) is 0. The Labute approximate surface area is 117 Å². The number of nitrogens with zero attached hydrogens (tertiary/aromatic N) is 1. The summed E-state index contributed by atoms with van der Waals surface area (Å²) in [5.41, 5.74) is 0. The molecule has 0 aromatic carbocycles. The molecule has 1 aliphatic heterocycles. The van der Waals surface area contributed by atoms with Gasteiger partial charge in [0.1, 0.15) is 0 Å². The monoisotopic (exact) mass is 293 g/mol. The lowest BCUT2D eigenvalue weighted by Crippen LogP contribution is -2.48. The van der Waals surface area contributed by atoms with Crippen molar-refractivity contribution in [2.24, 2.45) is 5.92 Å². The Morgan fingerprint density at radius 3 is 2.84 bits per heavy atom. The Bertz CT molecular complexity index is 348. The summed E-state index contributed by atoms with van der Waals surface area (Å²) in [5.74, 6) is 0.408. The summed E-state index contributed by atoms with van der Waals surface area (Å²) in [6.07, 6.45) is 1.90. The number of piperidine rings is 1. The van der Waals surface area contributed by atoms with Crippen molar-refractivity contribution in [3.05, 3.63) is 0 Å². The quantitative estimate of drug-likeness (QED) is 0.670. The fourth-order valence-corrected chi connectivity index (χ4v) is 3.56. The Morgan fingerprint density at radius 1 is 1.47 bits per heavy atom. The molecule has 0 bridgehead atoms. The van der Waals surface area contributed by atoms with Crippen LogP contribution in [-0.2, 0) is 14.9 Å². The van der Waals surface area contributed by atoms with Crippen molar-refractivity contribution in [2.75, 3.05) is 39.8 Å². The highest BCUT2D eigenvalue weighted by atomic mass is 32.2. The first-order valence-electron chi connectivity index (χ1n) is 6.97. The van der Waals surface area contributed by atoms with Crippen molar-refractivity contribution in [1.82, 2.24) is 14.3 Å². The van der Waals surface area contributed by atoms with E-state index in [1.165, 1.54) is 0 Å². The maximum absolute atomic E-state index is 12.2. The molecule has 1 heterocycles. The van der Waals surface area contributed by atoms with E-state index in [0.717, 1.165) is 25.9 Å². The van der Waals surface area contributed by atoms with Gasteiger partial charge in [-0.3, -0.25) is 0 Å². The molecule has 1 aliphatic rings. The molecule has 2 atom stereocenters. The van der Waals surface area contributed by atoms with Gasteiger partial charge in [0.25, 0.3) is 10.2 Å². The Kier molecular flexibility index (Phi) is 7.23. The van der Waals surface area contributed by atoms with Crippen LogP contribution in [0.2, 0.25) is 0 Å². The molecule has 114 valence electrons. The van der Waals surface area contributed by atoms with Crippen LogP contribution in [0.5, 0.6) is 0 Å². The van der Waals surface area contributed by atoms with Gasteiger partial charge in [-0.2, -0.15) is 17.4 Å². The zero-order valence-electron chi connectivity index (χ0n) is 12.2. The van der Waals surface area contributed by atoms with Crippen LogP contribution in [0, 0.1) is 5.92 Å². The maximum atomic E-state index is 12.2. The number of hydrogen-bond donors (Lipinski definition) is 2. The van der Waals surface area contributed by atoms with Crippen molar-refractivity contribution in [2.45, 2.75) is 32.8 Å². The smallest absolute Gasteiger partial charge is 0.279 e. The molecule has 0 aliphatic carbocycles. The highest BCUT2D eigenvalue weighted by Gasteiger charge is 2.28. The molecule has 6 nitrogen and oxygen atoms in total. The zero-order valence-corrected chi connectivity index (χ0v) is 13.0. The van der Waals surface area contributed by atoms with Gasteiger partial charge >= 0.3 is 0 Å². The Balaban J connectivity index is 2.48. The molecule has 1 rings (SSSR count). The van der Waals surface area contributed by atoms with Crippen molar-refractivity contribution in [1.29, 1.82) is 0 Å². The molecule has 0 amide bonds. The summed E-state index contributed by atoms with van der Waals surface area (Å²) in [6.45, 7) is 7.23. The van der Waals surface area contributed by atoms with Crippen LogP contribution < -0.4 is 10.0 Å². The van der Waals surface area contributed by atoms with Crippen LogP contribution in [0.25, 0.3) is 0 Å². The number of rotatable bonds is 8. The predicted molar refractivity (Wildman–Crippen MR) is 76.2 cm³/mol. The van der Waals surface area contributed by atoms with E-state index in [2.05, 4.69) is 17.0 Å². The fourth-order valence-electron chi connectivity index (χ4n) is 2.16. The molecule has 2 unspecified atom stereocenters. The van der Waals surface area contributed by atoms with E-state index in [1.807, 2.05) is 6.92 Å². The second-order valence-electron chi connectivity index (χ2n) is 5.07. The van der Waals surface area contributed by atoms with Crippen LogP contribution in [0.3, 0.4) is 0 Å². The molecular formula is C12H27N3O3S. The first-order valence-corrected chi connectivity index (χ1v) is 8.41. The molecule has 19 heavy (non-hydrogen) atoms. The lowest BCUT2D eigenvalue weighted by Gasteiger charge is -2.32. The summed E-state index contributed by atoms with van der Waals surface area (Å²) >= 11 is 0. The van der Waals surface area contributed by atoms with Crippen LogP contribution in [-0.4, -0.2) is 58.7 Å². The van der Waals surface area contributed by atoms with Gasteiger partial charge in [-0.15, -0.1) is 0 Å². The van der Waals surface area contributed by atoms with Gasteiger partial charge in [-0.1, -0.05) is 6.92 Å². The summed E-state index contributed by atoms with van der Waals surface area (Å²) < 4.78 is 33.5. The fraction of sp³-hybridized carbons (Fsp3) is 1.00. The highest BCUT2D eigenvalue weighted by molar-refractivity contribution is 7.87. The van der Waals surface area contributed by atoms with Gasteiger partial charge < -0.3 is 10.1 Å². The second-order valence-corrected chi connectivity index (χ2v) is 6.83. The number of nitrogens with one attached hydrogen (secondary N) is 2. The van der Waals surface area contributed by atoms with Crippen molar-refractivity contribution < 1.29 is 13.2 Å². The topological polar surface area (TPSA) is 70.7 Å². The molecule has 1 saturated heterocycles. The third-order valence-electron chi connectivity index (χ3n) is 3.46. The largest absolute Gasteiger partial charge is 0.380 e. The van der Waals surface area contributed by atoms with Gasteiger partial charge in [0.05, 0.1) is 6.10 Å². The average Bonchev–Trinajstić information content (AvgIpc) is 2.43. The SMILES string of the molecule is CCNCC1CCCN(S(=O)(=O)NCC(C)OC)C1. The van der Waals surface area contributed by atoms with Crippen LogP contribution in [0.4, 0.5) is 0 Å². The molecule has 0 spiro atoms. The normalized spacial score (nSPS) is 23.4. The summed E-state index contributed by atoms with van der Waals surface area (Å²) in [4.78, 5) is 0. The lowest BCUT2D eigenvalue weighted by atomic mass is 10.00. The van der Waals surface area contributed by atoms with E-state index in [1.54, 1.807) is 11.4 Å². The molecule has 7 heteroatoms. The average molecular weight is 293 g/mol. The summed E-state index contributed by atoms with van der Waals surface area (Å²) in [7, 11) is -1.80. The second kappa shape index (κ2) is 8.16. The molecule has 0 aromatic heterocycles. The van der Waals surface area contributed by atoms with Gasteiger partial charge in [0.15, 0.2) is 0 Å². The number of hydrogen-bond acceptors (Lipinski definition) is 4. The molecule has 0 radical (unpaired) electrons. The van der Waals surface area contributed by atoms with E-state index in [9.17, 15) is 8.42 Å². The van der Waals surface area contributed by atoms with Gasteiger partial charge in [0, 0.05) is 26.7 Å². The molecular weight excluding hydrogens is 266 g/mol. The van der Waals surface area contributed by atoms with Crippen molar-refractivity contribution in [3.63, 3.8) is 0 Å². The standard InChI is InChI=1S/C12H27N3O3S/c1-4-13-9-12-6-5-7-15(10-12)19(16,17)14-8-11(2)18-3/h11-14H,4-10H2,1-3H3. The molecule has 0 aromatic rings. The van der Waals surface area contributed by atoms with Crippen LogP contribution in [0.1, 0.15) is 26.7 Å². The highest BCUT2D eigenvalue weighted by Crippen LogP contribution is 2.17. The minimum atomic E-state index is -3.37. The van der Waals surface area contributed by atoms with E-state index in [-0.39, 0.29) is 6.10 Å². The first kappa shape index (κ1) is 16.8. The molecule has 0 saturated carbocycles. The Morgan fingerprint density at radius 2 is 2.21 bits per heavy atom. The van der Waals surface area contributed by atoms with Crippen molar-refractivity contribution >= 4 is 10.2 Å². The van der Waals surface area contributed by atoms with Gasteiger partial charge in [-0.05, 0) is 38.8 Å². The third-order valence-corrected chi connectivity index (χ3v) is 5.00. The number of ether oxygens (including phenoxy) is 1. The minimum absolute atomic E-state index is 0.114. The van der Waals surface area contributed by atoms with E-state index < -0.39 is 10.2 Å². The van der Waals surface area contributed by atoms with Gasteiger partial charge in [0.2, 0.25) is 0 Å². The molecule has 2 N–H and O–H groups in total. The van der Waals surface area contributed by atoms with E-state index >= 15 is 0 Å². The van der Waals surface area contributed by atoms with Gasteiger partial charge in [-0.25, -0.2) is 0 Å². The first-order chi connectivity index (χ1) is 8.99. The third kappa shape index (κ3) is 5.74. The predicted octanol–water partition coefficient (Wildman–Crippen LogP) is 0.177. The number of methoxy groups -OCH3 is 1. The van der Waals surface area contributed by atoms with Crippen LogP contribution in [0.15, 0.2) is 0 Å². The molecule has 1 fully saturated rings. The van der Waals surface area contributed by atoms with E-state index in [0.29, 0.717) is 25.6 Å². The lowest BCUT2D eigenvalue weighted by molar-refractivity contribution is 0.121. The summed E-state index contributed by atoms with van der Waals surface area (Å²) in [5, 5.41) is 3.29.